The van der Waals surface area contributed by atoms with Gasteiger partial charge in [0.2, 0.25) is 0 Å². The molecule has 0 heterocycles. The van der Waals surface area contributed by atoms with Crippen molar-refractivity contribution >= 4 is 6.08 Å². The molecule has 0 amide bonds. The maximum Gasteiger partial charge on any atom is 0.161 e. The molecule has 0 bridgehead atoms. The number of aliphatic hydroxyl groups is 1. The molecule has 26 heavy (non-hydrogen) atoms. The smallest absolute Gasteiger partial charge is 0.161 e. The summed E-state index contributed by atoms with van der Waals surface area (Å²) in [5.74, 6) is 1.61. The van der Waals surface area contributed by atoms with Gasteiger partial charge in [0.25, 0.3) is 0 Å². The van der Waals surface area contributed by atoms with Gasteiger partial charge in [0.15, 0.2) is 17.3 Å². The van der Waals surface area contributed by atoms with E-state index in [0.29, 0.717) is 22.8 Å². The third kappa shape index (κ3) is 6.01. The predicted molar refractivity (Wildman–Crippen MR) is 104 cm³/mol. The van der Waals surface area contributed by atoms with Crippen LogP contribution in [0.25, 0.3) is 6.08 Å². The first-order valence-electron chi connectivity index (χ1n) is 8.27. The second kappa shape index (κ2) is 11.1. The average Bonchev–Trinajstić information content (AvgIpc) is 2.65. The van der Waals surface area contributed by atoms with Crippen molar-refractivity contribution < 1.29 is 24.1 Å². The minimum absolute atomic E-state index is 0.460. The van der Waals surface area contributed by atoms with Crippen molar-refractivity contribution in [1.82, 2.24) is 0 Å². The van der Waals surface area contributed by atoms with E-state index in [1.54, 1.807) is 26.2 Å². The molecule has 0 aliphatic heterocycles. The summed E-state index contributed by atoms with van der Waals surface area (Å²) in [6.45, 7) is 7.47. The first-order chi connectivity index (χ1) is 12.5. The Labute approximate surface area is 155 Å². The molecule has 2 atom stereocenters. The van der Waals surface area contributed by atoms with Gasteiger partial charge in [-0.05, 0) is 43.2 Å². The molecular weight excluding hydrogens is 332 g/mol. The standard InChI is InChI=1S/C21H28O5/c1-7-9-16-10-11-19(20(12-16)25-6)26-15(3)21(22)17(8-2)13-18(24-5)14-23-4/h7-15,21-22H,2H2,1,3-6H3/t15-,21+/m1/s1. The van der Waals surface area contributed by atoms with Crippen molar-refractivity contribution in [3.63, 3.8) is 0 Å². The number of rotatable bonds is 10. The lowest BCUT2D eigenvalue weighted by molar-refractivity contribution is 0.0716. The van der Waals surface area contributed by atoms with Crippen LogP contribution < -0.4 is 9.47 Å². The minimum atomic E-state index is -0.914. The maximum absolute atomic E-state index is 10.6. The Hall–Kier alpha value is -2.66. The molecule has 1 N–H and O–H groups in total. The monoisotopic (exact) mass is 360 g/mol. The van der Waals surface area contributed by atoms with E-state index in [9.17, 15) is 5.11 Å². The highest BCUT2D eigenvalue weighted by Gasteiger charge is 2.21. The van der Waals surface area contributed by atoms with Crippen LogP contribution in [0.15, 0.2) is 60.6 Å². The van der Waals surface area contributed by atoms with E-state index < -0.39 is 12.2 Å². The van der Waals surface area contributed by atoms with Gasteiger partial charge in [-0.2, -0.15) is 0 Å². The molecule has 0 aromatic heterocycles. The zero-order valence-corrected chi connectivity index (χ0v) is 16.1. The van der Waals surface area contributed by atoms with Crippen molar-refractivity contribution in [3.8, 4) is 11.5 Å². The molecule has 1 aromatic carbocycles. The van der Waals surface area contributed by atoms with E-state index in [0.717, 1.165) is 5.56 Å². The van der Waals surface area contributed by atoms with Crippen molar-refractivity contribution in [3.05, 3.63) is 66.2 Å². The number of methoxy groups -OCH3 is 3. The van der Waals surface area contributed by atoms with Crippen molar-refractivity contribution in [2.75, 3.05) is 21.3 Å². The molecule has 1 rings (SSSR count). The fourth-order valence-corrected chi connectivity index (χ4v) is 2.30. The highest BCUT2D eigenvalue weighted by atomic mass is 16.5. The van der Waals surface area contributed by atoms with Gasteiger partial charge in [-0.15, -0.1) is 0 Å². The maximum atomic E-state index is 10.6. The van der Waals surface area contributed by atoms with Crippen LogP contribution in [0, 0.1) is 0 Å². The van der Waals surface area contributed by atoms with Crippen LogP contribution in [0.3, 0.4) is 0 Å². The third-order valence-electron chi connectivity index (χ3n) is 3.66. The molecule has 0 aliphatic carbocycles. The van der Waals surface area contributed by atoms with E-state index in [4.69, 9.17) is 18.9 Å². The fraction of sp³-hybridized carbons (Fsp3) is 0.333. The number of aliphatic hydroxyl groups excluding tert-OH is 1. The summed E-state index contributed by atoms with van der Waals surface area (Å²) in [6, 6.07) is 5.62. The molecule has 0 aliphatic rings. The van der Waals surface area contributed by atoms with Gasteiger partial charge in [-0.25, -0.2) is 0 Å². The molecule has 0 radical (unpaired) electrons. The lowest BCUT2D eigenvalue weighted by atomic mass is 10.0. The summed E-state index contributed by atoms with van der Waals surface area (Å²) in [7, 11) is 4.62. The minimum Gasteiger partial charge on any atom is -0.501 e. The van der Waals surface area contributed by atoms with Crippen LogP contribution in [-0.2, 0) is 9.47 Å². The van der Waals surface area contributed by atoms with Gasteiger partial charge in [0, 0.05) is 0 Å². The van der Waals surface area contributed by atoms with Gasteiger partial charge in [-0.3, -0.25) is 0 Å². The summed E-state index contributed by atoms with van der Waals surface area (Å²) in [5.41, 5.74) is 1.55. The molecule has 0 spiro atoms. The first kappa shape index (κ1) is 21.4. The van der Waals surface area contributed by atoms with Crippen molar-refractivity contribution in [2.24, 2.45) is 0 Å². The Balaban J connectivity index is 3.01. The lowest BCUT2D eigenvalue weighted by Crippen LogP contribution is -2.30. The topological polar surface area (TPSA) is 57.2 Å². The van der Waals surface area contributed by atoms with Gasteiger partial charge >= 0.3 is 0 Å². The van der Waals surface area contributed by atoms with E-state index in [2.05, 4.69) is 6.58 Å². The highest BCUT2D eigenvalue weighted by Crippen LogP contribution is 2.30. The number of hydrogen-bond acceptors (Lipinski definition) is 5. The number of hydrogen-bond donors (Lipinski definition) is 1. The second-order valence-electron chi connectivity index (χ2n) is 5.49. The highest BCUT2D eigenvalue weighted by molar-refractivity contribution is 5.55. The van der Waals surface area contributed by atoms with E-state index in [1.807, 2.05) is 37.3 Å². The number of ether oxygens (including phenoxy) is 4. The normalized spacial score (nSPS) is 14.7. The van der Waals surface area contributed by atoms with Gasteiger partial charge in [0.05, 0.1) is 21.3 Å². The van der Waals surface area contributed by atoms with Crippen LogP contribution in [0.5, 0.6) is 11.5 Å². The van der Waals surface area contributed by atoms with Crippen LogP contribution in [0.4, 0.5) is 0 Å². The number of allylic oxidation sites excluding steroid dienone is 2. The summed E-state index contributed by atoms with van der Waals surface area (Å²) < 4.78 is 21.4. The predicted octanol–water partition coefficient (Wildman–Crippen LogP) is 4.10. The summed E-state index contributed by atoms with van der Waals surface area (Å²) >= 11 is 0. The Kier molecular flexibility index (Phi) is 9.09. The molecule has 5 nitrogen and oxygen atoms in total. The van der Waals surface area contributed by atoms with Gasteiger partial charge < -0.3 is 24.1 Å². The Bertz CT molecular complexity index is 673. The molecule has 0 saturated carbocycles. The molecule has 5 heteroatoms. The third-order valence-corrected chi connectivity index (χ3v) is 3.66. The zero-order chi connectivity index (χ0) is 19.5. The Morgan fingerprint density at radius 3 is 2.46 bits per heavy atom. The molecule has 1 aromatic rings. The molecule has 0 fully saturated rings. The van der Waals surface area contributed by atoms with Crippen LogP contribution in [0.2, 0.25) is 0 Å². The Morgan fingerprint density at radius 1 is 1.19 bits per heavy atom. The zero-order valence-electron chi connectivity index (χ0n) is 16.1. The quantitative estimate of drug-likeness (QED) is 0.503. The lowest BCUT2D eigenvalue weighted by Gasteiger charge is -2.23. The summed E-state index contributed by atoms with van der Waals surface area (Å²) in [6.07, 6.45) is 7.10. The largest absolute Gasteiger partial charge is 0.501 e. The molecule has 0 saturated heterocycles. The van der Waals surface area contributed by atoms with Crippen LogP contribution in [-0.4, -0.2) is 38.6 Å². The SMILES string of the molecule is C=CC(=CC(=COC)OC)[C@@H](O)[C@@H](C)Oc1ccc(C=CC)cc1OC. The van der Waals surface area contributed by atoms with Gasteiger partial charge in [-0.1, -0.05) is 30.9 Å². The Morgan fingerprint density at radius 2 is 1.92 bits per heavy atom. The molecular formula is C21H28O5. The molecule has 142 valence electrons. The van der Waals surface area contributed by atoms with Crippen LogP contribution in [0.1, 0.15) is 19.4 Å². The van der Waals surface area contributed by atoms with E-state index >= 15 is 0 Å². The van der Waals surface area contributed by atoms with Gasteiger partial charge in [0.1, 0.15) is 18.5 Å². The average molecular weight is 360 g/mol. The van der Waals surface area contributed by atoms with E-state index in [-0.39, 0.29) is 0 Å². The summed E-state index contributed by atoms with van der Waals surface area (Å²) in [5, 5.41) is 10.6. The van der Waals surface area contributed by atoms with Crippen molar-refractivity contribution in [2.45, 2.75) is 26.1 Å². The summed E-state index contributed by atoms with van der Waals surface area (Å²) in [4.78, 5) is 0. The van der Waals surface area contributed by atoms with Crippen molar-refractivity contribution in [1.29, 1.82) is 0 Å². The number of benzene rings is 1. The van der Waals surface area contributed by atoms with Crippen LogP contribution >= 0.6 is 0 Å². The fourth-order valence-electron chi connectivity index (χ4n) is 2.30. The molecule has 0 unspecified atom stereocenters. The van der Waals surface area contributed by atoms with E-state index in [1.165, 1.54) is 20.5 Å². The first-order valence-corrected chi connectivity index (χ1v) is 8.27. The second-order valence-corrected chi connectivity index (χ2v) is 5.49.